The molecule has 2 N–H and O–H groups in total. The lowest BCUT2D eigenvalue weighted by atomic mass is 10.2. The average Bonchev–Trinajstić information content (AvgIpc) is 2.89. The van der Waals surface area contributed by atoms with E-state index in [9.17, 15) is 0 Å². The minimum atomic E-state index is 0.636. The normalized spacial score (nSPS) is 11.3. The van der Waals surface area contributed by atoms with Gasteiger partial charge in [-0.05, 0) is 35.0 Å². The Morgan fingerprint density at radius 1 is 1.33 bits per heavy atom. The number of halogens is 1. The van der Waals surface area contributed by atoms with Crippen molar-refractivity contribution in [3.05, 3.63) is 34.7 Å². The second kappa shape index (κ2) is 3.84. The summed E-state index contributed by atoms with van der Waals surface area (Å²) in [6, 6.07) is 3.91. The molecule has 0 amide bonds. The van der Waals surface area contributed by atoms with Crippen LogP contribution in [0.25, 0.3) is 16.9 Å². The van der Waals surface area contributed by atoms with Crippen LogP contribution in [0.1, 0.15) is 5.69 Å². The predicted molar refractivity (Wildman–Crippen MR) is 74.2 cm³/mol. The molecule has 0 aromatic carbocycles. The lowest BCUT2D eigenvalue weighted by molar-refractivity contribution is 0.768. The molecule has 0 radical (unpaired) electrons. The summed E-state index contributed by atoms with van der Waals surface area (Å²) in [6.45, 7) is 2.00. The standard InChI is InChI=1S/C12H12BrN5/c1-7-9(13)3-4-10-16-11(12(14)18(7)10)8-5-15-17(2)6-8/h3-6H,14H2,1-2H3. The first-order valence-electron chi connectivity index (χ1n) is 5.50. The van der Waals surface area contributed by atoms with Crippen molar-refractivity contribution in [3.63, 3.8) is 0 Å². The maximum atomic E-state index is 6.19. The van der Waals surface area contributed by atoms with Crippen LogP contribution in [-0.4, -0.2) is 19.2 Å². The van der Waals surface area contributed by atoms with Crippen molar-refractivity contribution in [2.45, 2.75) is 6.92 Å². The summed E-state index contributed by atoms with van der Waals surface area (Å²) in [6.07, 6.45) is 3.67. The Morgan fingerprint density at radius 3 is 2.78 bits per heavy atom. The number of aryl methyl sites for hydroxylation is 2. The first-order chi connectivity index (χ1) is 8.58. The van der Waals surface area contributed by atoms with Crippen molar-refractivity contribution in [3.8, 4) is 11.3 Å². The van der Waals surface area contributed by atoms with Gasteiger partial charge in [0.15, 0.2) is 0 Å². The third-order valence-corrected chi connectivity index (χ3v) is 3.82. The van der Waals surface area contributed by atoms with Crippen LogP contribution in [0.5, 0.6) is 0 Å². The van der Waals surface area contributed by atoms with E-state index in [0.29, 0.717) is 5.82 Å². The molecule has 0 aliphatic heterocycles. The number of hydrogen-bond acceptors (Lipinski definition) is 3. The Bertz CT molecular complexity index is 740. The van der Waals surface area contributed by atoms with Crippen molar-refractivity contribution in [2.24, 2.45) is 7.05 Å². The number of hydrogen-bond donors (Lipinski definition) is 1. The van der Waals surface area contributed by atoms with Gasteiger partial charge in [-0.2, -0.15) is 5.10 Å². The number of fused-ring (bicyclic) bond motifs is 1. The molecule has 0 aliphatic rings. The van der Waals surface area contributed by atoms with Crippen LogP contribution in [0.15, 0.2) is 29.0 Å². The zero-order valence-corrected chi connectivity index (χ0v) is 11.6. The van der Waals surface area contributed by atoms with E-state index in [0.717, 1.165) is 27.1 Å². The van der Waals surface area contributed by atoms with Gasteiger partial charge in [0.25, 0.3) is 0 Å². The lowest BCUT2D eigenvalue weighted by Gasteiger charge is -2.03. The molecule has 6 heteroatoms. The van der Waals surface area contributed by atoms with E-state index in [1.54, 1.807) is 10.9 Å². The van der Waals surface area contributed by atoms with Crippen molar-refractivity contribution >= 4 is 27.4 Å². The number of rotatable bonds is 1. The summed E-state index contributed by atoms with van der Waals surface area (Å²) < 4.78 is 4.69. The first-order valence-corrected chi connectivity index (χ1v) is 6.29. The number of imidazole rings is 1. The van der Waals surface area contributed by atoms with E-state index < -0.39 is 0 Å². The van der Waals surface area contributed by atoms with Crippen molar-refractivity contribution < 1.29 is 0 Å². The molecule has 0 fully saturated rings. The van der Waals surface area contributed by atoms with Crippen LogP contribution in [0, 0.1) is 6.92 Å². The fraction of sp³-hybridized carbons (Fsp3) is 0.167. The molecule has 0 bridgehead atoms. The Balaban J connectivity index is 2.33. The van der Waals surface area contributed by atoms with Gasteiger partial charge in [-0.25, -0.2) is 4.98 Å². The molecule has 92 valence electrons. The molecule has 0 aliphatic carbocycles. The highest BCUT2D eigenvalue weighted by atomic mass is 79.9. The van der Waals surface area contributed by atoms with Gasteiger partial charge in [0.2, 0.25) is 0 Å². The number of nitrogens with zero attached hydrogens (tertiary/aromatic N) is 4. The van der Waals surface area contributed by atoms with Crippen molar-refractivity contribution in [1.29, 1.82) is 0 Å². The predicted octanol–water partition coefficient (Wildman–Crippen LogP) is 2.39. The Labute approximate surface area is 112 Å². The zero-order valence-electron chi connectivity index (χ0n) is 10.1. The van der Waals surface area contributed by atoms with Crippen LogP contribution in [0.3, 0.4) is 0 Å². The Morgan fingerprint density at radius 2 is 2.11 bits per heavy atom. The molecule has 0 saturated heterocycles. The van der Waals surface area contributed by atoms with Gasteiger partial charge in [0, 0.05) is 29.0 Å². The van der Waals surface area contributed by atoms with Crippen molar-refractivity contribution in [1.82, 2.24) is 19.2 Å². The number of aromatic nitrogens is 4. The van der Waals surface area contributed by atoms with Crippen LogP contribution >= 0.6 is 15.9 Å². The minimum absolute atomic E-state index is 0.636. The maximum absolute atomic E-state index is 6.19. The van der Waals surface area contributed by atoms with Crippen LogP contribution in [0.4, 0.5) is 5.82 Å². The van der Waals surface area contributed by atoms with Gasteiger partial charge in [-0.1, -0.05) is 0 Å². The van der Waals surface area contributed by atoms with E-state index in [1.165, 1.54) is 0 Å². The molecular weight excluding hydrogens is 294 g/mol. The molecule has 3 heterocycles. The summed E-state index contributed by atoms with van der Waals surface area (Å²) in [5, 5.41) is 4.15. The summed E-state index contributed by atoms with van der Waals surface area (Å²) in [5.41, 5.74) is 9.76. The summed E-state index contributed by atoms with van der Waals surface area (Å²) in [4.78, 5) is 4.56. The van der Waals surface area contributed by atoms with Gasteiger partial charge in [-0.15, -0.1) is 0 Å². The molecule has 0 unspecified atom stereocenters. The SMILES string of the molecule is Cc1c(Br)ccc2nc(-c3cnn(C)c3)c(N)n12. The molecule has 5 nitrogen and oxygen atoms in total. The molecule has 3 rings (SSSR count). The second-order valence-corrected chi connectivity index (χ2v) is 5.06. The fourth-order valence-electron chi connectivity index (χ4n) is 2.05. The first kappa shape index (κ1) is 11.3. The quantitative estimate of drug-likeness (QED) is 0.751. The molecule has 3 aromatic rings. The fourth-order valence-corrected chi connectivity index (χ4v) is 2.36. The third-order valence-electron chi connectivity index (χ3n) is 2.98. The molecule has 18 heavy (non-hydrogen) atoms. The Kier molecular flexibility index (Phi) is 2.41. The van der Waals surface area contributed by atoms with Crippen LogP contribution in [-0.2, 0) is 7.05 Å². The lowest BCUT2D eigenvalue weighted by Crippen LogP contribution is -1.98. The van der Waals surface area contributed by atoms with Gasteiger partial charge in [-0.3, -0.25) is 9.08 Å². The molecule has 0 spiro atoms. The van der Waals surface area contributed by atoms with Gasteiger partial charge < -0.3 is 5.73 Å². The molecular formula is C12H12BrN5. The summed E-state index contributed by atoms with van der Waals surface area (Å²) in [5.74, 6) is 0.636. The van der Waals surface area contributed by atoms with Gasteiger partial charge in [0.1, 0.15) is 17.2 Å². The van der Waals surface area contributed by atoms with Gasteiger partial charge in [0.05, 0.1) is 6.20 Å². The Hall–Kier alpha value is -1.82. The second-order valence-electron chi connectivity index (χ2n) is 4.21. The molecule has 0 atom stereocenters. The van der Waals surface area contributed by atoms with E-state index in [1.807, 2.05) is 36.7 Å². The van der Waals surface area contributed by atoms with Crippen molar-refractivity contribution in [2.75, 3.05) is 5.73 Å². The topological polar surface area (TPSA) is 61.1 Å². The van der Waals surface area contributed by atoms with Gasteiger partial charge >= 0.3 is 0 Å². The minimum Gasteiger partial charge on any atom is -0.383 e. The molecule has 3 aromatic heterocycles. The number of pyridine rings is 1. The van der Waals surface area contributed by atoms with Crippen LogP contribution in [0.2, 0.25) is 0 Å². The zero-order chi connectivity index (χ0) is 12.9. The maximum Gasteiger partial charge on any atom is 0.139 e. The van der Waals surface area contributed by atoms with E-state index in [-0.39, 0.29) is 0 Å². The highest BCUT2D eigenvalue weighted by Gasteiger charge is 2.14. The van der Waals surface area contributed by atoms with Crippen LogP contribution < -0.4 is 5.73 Å². The highest BCUT2D eigenvalue weighted by molar-refractivity contribution is 9.10. The van der Waals surface area contributed by atoms with E-state index >= 15 is 0 Å². The highest BCUT2D eigenvalue weighted by Crippen LogP contribution is 2.29. The average molecular weight is 306 g/mol. The number of nitrogen functional groups attached to an aromatic ring is 1. The van der Waals surface area contributed by atoms with E-state index in [2.05, 4.69) is 26.0 Å². The summed E-state index contributed by atoms with van der Waals surface area (Å²) in [7, 11) is 1.87. The smallest absolute Gasteiger partial charge is 0.139 e. The monoisotopic (exact) mass is 305 g/mol. The van der Waals surface area contributed by atoms with E-state index in [4.69, 9.17) is 5.73 Å². The summed E-state index contributed by atoms with van der Waals surface area (Å²) >= 11 is 3.50. The third kappa shape index (κ3) is 1.53. The largest absolute Gasteiger partial charge is 0.383 e. The number of anilines is 1. The number of nitrogens with two attached hydrogens (primary N) is 1. The molecule has 0 saturated carbocycles.